The molecule has 0 bridgehead atoms. The van der Waals surface area contributed by atoms with Gasteiger partial charge in [-0.1, -0.05) is 0 Å². The van der Waals surface area contributed by atoms with E-state index in [-0.39, 0.29) is 12.2 Å². The van der Waals surface area contributed by atoms with Crippen LogP contribution in [0.2, 0.25) is 0 Å². The lowest BCUT2D eigenvalue weighted by atomic mass is 10.1. The zero-order valence-electron chi connectivity index (χ0n) is 13.0. The SMILES string of the molecule is CC(=O)O[C@H]1O[C@@H]([C@@H]2COC(C)(C)O2)[C@@H]2OC(C)(C)O[C@H]12. The van der Waals surface area contributed by atoms with Crippen LogP contribution in [0.1, 0.15) is 34.6 Å². The number of esters is 1. The van der Waals surface area contributed by atoms with Gasteiger partial charge in [0.2, 0.25) is 6.29 Å². The fourth-order valence-electron chi connectivity index (χ4n) is 3.03. The molecule has 0 amide bonds. The Morgan fingerprint density at radius 3 is 2.24 bits per heavy atom. The molecular formula is C14H22O7. The van der Waals surface area contributed by atoms with Gasteiger partial charge in [0.1, 0.15) is 18.3 Å². The molecule has 120 valence electrons. The molecule has 3 fully saturated rings. The second-order valence-corrected chi connectivity index (χ2v) is 6.51. The quantitative estimate of drug-likeness (QED) is 0.703. The molecule has 3 aliphatic heterocycles. The van der Waals surface area contributed by atoms with Crippen LogP contribution in [0.5, 0.6) is 0 Å². The smallest absolute Gasteiger partial charge is 0.305 e. The molecule has 0 aromatic carbocycles. The summed E-state index contributed by atoms with van der Waals surface area (Å²) in [4.78, 5) is 11.2. The van der Waals surface area contributed by atoms with Crippen LogP contribution in [0.3, 0.4) is 0 Å². The van der Waals surface area contributed by atoms with Crippen LogP contribution in [-0.2, 0) is 33.2 Å². The third kappa shape index (κ3) is 2.93. The first-order chi connectivity index (χ1) is 9.67. The third-order valence-corrected chi connectivity index (χ3v) is 3.73. The molecule has 0 saturated carbocycles. The molecule has 0 aliphatic carbocycles. The number of hydrogen-bond acceptors (Lipinski definition) is 7. The van der Waals surface area contributed by atoms with E-state index in [1.54, 1.807) is 0 Å². The van der Waals surface area contributed by atoms with Gasteiger partial charge in [-0.3, -0.25) is 4.79 Å². The van der Waals surface area contributed by atoms with Gasteiger partial charge in [-0.15, -0.1) is 0 Å². The monoisotopic (exact) mass is 302 g/mol. The summed E-state index contributed by atoms with van der Waals surface area (Å²) in [5, 5.41) is 0. The number of ether oxygens (including phenoxy) is 6. The first-order valence-electron chi connectivity index (χ1n) is 7.17. The van der Waals surface area contributed by atoms with Crippen molar-refractivity contribution < 1.29 is 33.2 Å². The van der Waals surface area contributed by atoms with E-state index < -0.39 is 36.0 Å². The van der Waals surface area contributed by atoms with Crippen molar-refractivity contribution in [3.8, 4) is 0 Å². The van der Waals surface area contributed by atoms with Crippen LogP contribution in [-0.4, -0.2) is 54.9 Å². The molecule has 3 aliphatic rings. The van der Waals surface area contributed by atoms with Crippen molar-refractivity contribution in [3.63, 3.8) is 0 Å². The molecule has 0 spiro atoms. The molecule has 0 radical (unpaired) electrons. The summed E-state index contributed by atoms with van der Waals surface area (Å²) in [6.45, 7) is 9.08. The summed E-state index contributed by atoms with van der Waals surface area (Å²) >= 11 is 0. The molecular weight excluding hydrogens is 280 g/mol. The fraction of sp³-hybridized carbons (Fsp3) is 0.929. The Bertz CT molecular complexity index is 433. The second kappa shape index (κ2) is 4.89. The minimum absolute atomic E-state index is 0.287. The van der Waals surface area contributed by atoms with Crippen molar-refractivity contribution in [1.29, 1.82) is 0 Å². The van der Waals surface area contributed by atoms with Crippen LogP contribution in [0.15, 0.2) is 0 Å². The van der Waals surface area contributed by atoms with Gasteiger partial charge < -0.3 is 28.4 Å². The Kier molecular flexibility index (Phi) is 3.53. The van der Waals surface area contributed by atoms with E-state index in [0.29, 0.717) is 6.61 Å². The van der Waals surface area contributed by atoms with Gasteiger partial charge in [-0.05, 0) is 27.7 Å². The average molecular weight is 302 g/mol. The molecule has 7 heteroatoms. The van der Waals surface area contributed by atoms with E-state index in [1.165, 1.54) is 6.92 Å². The largest absolute Gasteiger partial charge is 0.433 e. The third-order valence-electron chi connectivity index (χ3n) is 3.73. The lowest BCUT2D eigenvalue weighted by Crippen LogP contribution is -2.40. The average Bonchev–Trinajstić information content (AvgIpc) is 2.91. The topological polar surface area (TPSA) is 72.5 Å². The van der Waals surface area contributed by atoms with Gasteiger partial charge in [-0.25, -0.2) is 0 Å². The first-order valence-corrected chi connectivity index (χ1v) is 7.17. The van der Waals surface area contributed by atoms with E-state index >= 15 is 0 Å². The van der Waals surface area contributed by atoms with Crippen molar-refractivity contribution >= 4 is 5.97 Å². The van der Waals surface area contributed by atoms with Crippen molar-refractivity contribution in [1.82, 2.24) is 0 Å². The van der Waals surface area contributed by atoms with Gasteiger partial charge in [0.05, 0.1) is 6.61 Å². The second-order valence-electron chi connectivity index (χ2n) is 6.51. The number of carbonyl (C=O) groups is 1. The van der Waals surface area contributed by atoms with Crippen molar-refractivity contribution in [2.45, 2.75) is 76.9 Å². The number of fused-ring (bicyclic) bond motifs is 1. The standard InChI is InChI=1S/C14H22O7/c1-7(15)17-12-11-10(20-14(4,5)21-11)9(18-12)8-6-16-13(2,3)19-8/h8-12H,6H2,1-5H3/t8-,9-,10-,11-,12-/m0/s1. The maximum atomic E-state index is 11.2. The molecule has 0 unspecified atom stereocenters. The van der Waals surface area contributed by atoms with Crippen LogP contribution < -0.4 is 0 Å². The molecule has 3 rings (SSSR count). The Hall–Kier alpha value is -0.730. The normalized spacial score (nSPS) is 43.8. The van der Waals surface area contributed by atoms with Gasteiger partial charge in [-0.2, -0.15) is 0 Å². The van der Waals surface area contributed by atoms with E-state index in [4.69, 9.17) is 28.4 Å². The van der Waals surface area contributed by atoms with E-state index in [2.05, 4.69) is 0 Å². The molecule has 0 aromatic rings. The molecule has 0 aromatic heterocycles. The highest BCUT2D eigenvalue weighted by molar-refractivity contribution is 5.66. The lowest BCUT2D eigenvalue weighted by molar-refractivity contribution is -0.244. The van der Waals surface area contributed by atoms with Crippen molar-refractivity contribution in [2.24, 2.45) is 0 Å². The minimum atomic E-state index is -0.786. The van der Waals surface area contributed by atoms with Gasteiger partial charge >= 0.3 is 5.97 Å². The van der Waals surface area contributed by atoms with E-state index in [0.717, 1.165) is 0 Å². The Morgan fingerprint density at radius 1 is 1.00 bits per heavy atom. The number of rotatable bonds is 2. The zero-order valence-corrected chi connectivity index (χ0v) is 13.0. The summed E-state index contributed by atoms with van der Waals surface area (Å²) in [6.07, 6.45) is -2.28. The lowest BCUT2D eigenvalue weighted by Gasteiger charge is -2.26. The predicted octanol–water partition coefficient (Wildman–Crippen LogP) is 0.946. The molecule has 3 heterocycles. The molecule has 3 saturated heterocycles. The highest BCUT2D eigenvalue weighted by Gasteiger charge is 2.60. The van der Waals surface area contributed by atoms with E-state index in [1.807, 2.05) is 27.7 Å². The number of hydrogen-bond donors (Lipinski definition) is 0. The van der Waals surface area contributed by atoms with E-state index in [9.17, 15) is 4.79 Å². The minimum Gasteiger partial charge on any atom is -0.433 e. The summed E-state index contributed by atoms with van der Waals surface area (Å²) in [5.74, 6) is -1.82. The van der Waals surface area contributed by atoms with Crippen molar-refractivity contribution in [2.75, 3.05) is 6.61 Å². The summed E-state index contributed by atoms with van der Waals surface area (Å²) in [5.41, 5.74) is 0. The molecule has 7 nitrogen and oxygen atoms in total. The first kappa shape index (κ1) is 15.2. The van der Waals surface area contributed by atoms with Crippen LogP contribution in [0.25, 0.3) is 0 Å². The highest BCUT2D eigenvalue weighted by Crippen LogP contribution is 2.42. The van der Waals surface area contributed by atoms with Crippen LogP contribution in [0.4, 0.5) is 0 Å². The number of carbonyl (C=O) groups excluding carboxylic acids is 1. The van der Waals surface area contributed by atoms with Crippen molar-refractivity contribution in [3.05, 3.63) is 0 Å². The van der Waals surface area contributed by atoms with Gasteiger partial charge in [0.15, 0.2) is 17.7 Å². The van der Waals surface area contributed by atoms with Crippen LogP contribution in [0, 0.1) is 0 Å². The summed E-state index contributed by atoms with van der Waals surface area (Å²) in [6, 6.07) is 0. The highest BCUT2D eigenvalue weighted by atomic mass is 16.8. The maximum absolute atomic E-state index is 11.2. The Balaban J connectivity index is 1.77. The molecule has 5 atom stereocenters. The molecule has 0 N–H and O–H groups in total. The molecule has 21 heavy (non-hydrogen) atoms. The fourth-order valence-corrected chi connectivity index (χ4v) is 3.03. The summed E-state index contributed by atoms with van der Waals surface area (Å²) < 4.78 is 34.1. The zero-order chi connectivity index (χ0) is 15.4. The van der Waals surface area contributed by atoms with Gasteiger partial charge in [0, 0.05) is 6.92 Å². The maximum Gasteiger partial charge on any atom is 0.305 e. The Labute approximate surface area is 123 Å². The van der Waals surface area contributed by atoms with Crippen LogP contribution >= 0.6 is 0 Å². The Morgan fingerprint density at radius 2 is 1.67 bits per heavy atom. The predicted molar refractivity (Wildman–Crippen MR) is 69.2 cm³/mol. The summed E-state index contributed by atoms with van der Waals surface area (Å²) in [7, 11) is 0. The van der Waals surface area contributed by atoms with Gasteiger partial charge in [0.25, 0.3) is 0 Å².